The number of aromatic nitrogens is 1. The standard InChI is InChI=1S/C25H36N4O2/c1-17-9-11-25(12-10-17)28-19(3)24(30)29(25)14-6-7-18(2)27-22-16-21(31-4)15-20-8-5-13-26-23(20)22/h5,8,13,15-19,27-28H,6-7,9-12,14H2,1-4H3/t17?,18?,19-,25?/m0/s1. The molecule has 2 N–H and O–H groups in total. The van der Waals surface area contributed by atoms with Gasteiger partial charge in [-0.15, -0.1) is 0 Å². The summed E-state index contributed by atoms with van der Waals surface area (Å²) >= 11 is 0. The van der Waals surface area contributed by atoms with Gasteiger partial charge in [0.05, 0.1) is 30.0 Å². The van der Waals surface area contributed by atoms with Crippen molar-refractivity contribution in [3.63, 3.8) is 0 Å². The van der Waals surface area contributed by atoms with Crippen LogP contribution in [0.5, 0.6) is 5.75 Å². The van der Waals surface area contributed by atoms with Crippen LogP contribution in [0.15, 0.2) is 30.5 Å². The molecule has 0 bridgehead atoms. The number of anilines is 1. The van der Waals surface area contributed by atoms with E-state index in [9.17, 15) is 4.79 Å². The molecule has 4 rings (SSSR count). The number of ether oxygens (including phenoxy) is 1. The molecule has 1 saturated carbocycles. The number of rotatable bonds is 7. The molecule has 1 spiro atoms. The lowest BCUT2D eigenvalue weighted by atomic mass is 9.82. The molecule has 6 heteroatoms. The number of fused-ring (bicyclic) bond motifs is 1. The fourth-order valence-electron chi connectivity index (χ4n) is 5.25. The summed E-state index contributed by atoms with van der Waals surface area (Å²) in [6, 6.07) is 8.22. The van der Waals surface area contributed by atoms with Crippen LogP contribution in [0.1, 0.15) is 59.3 Å². The van der Waals surface area contributed by atoms with Gasteiger partial charge in [-0.1, -0.05) is 13.0 Å². The lowest BCUT2D eigenvalue weighted by Crippen LogP contribution is -2.54. The molecule has 2 fully saturated rings. The Balaban J connectivity index is 1.39. The normalized spacial score (nSPS) is 27.1. The van der Waals surface area contributed by atoms with E-state index in [1.807, 2.05) is 31.3 Å². The van der Waals surface area contributed by atoms with E-state index >= 15 is 0 Å². The van der Waals surface area contributed by atoms with Crippen molar-refractivity contribution < 1.29 is 9.53 Å². The van der Waals surface area contributed by atoms with Crippen LogP contribution in [-0.4, -0.2) is 47.2 Å². The smallest absolute Gasteiger partial charge is 0.240 e. The van der Waals surface area contributed by atoms with Crippen LogP contribution in [0.3, 0.4) is 0 Å². The highest BCUT2D eigenvalue weighted by atomic mass is 16.5. The number of benzene rings is 1. The molecule has 1 aromatic heterocycles. The highest BCUT2D eigenvalue weighted by molar-refractivity contribution is 5.92. The largest absolute Gasteiger partial charge is 0.497 e. The molecular weight excluding hydrogens is 388 g/mol. The van der Waals surface area contributed by atoms with E-state index < -0.39 is 0 Å². The number of hydrogen-bond acceptors (Lipinski definition) is 5. The molecule has 6 nitrogen and oxygen atoms in total. The van der Waals surface area contributed by atoms with Crippen LogP contribution in [0.25, 0.3) is 10.9 Å². The van der Waals surface area contributed by atoms with Crippen molar-refractivity contribution in [2.24, 2.45) is 5.92 Å². The Morgan fingerprint density at radius 2 is 2.10 bits per heavy atom. The van der Waals surface area contributed by atoms with E-state index in [1.165, 1.54) is 12.8 Å². The third-order valence-electron chi connectivity index (χ3n) is 7.07. The number of methoxy groups -OCH3 is 1. The summed E-state index contributed by atoms with van der Waals surface area (Å²) in [6.45, 7) is 7.34. The second-order valence-corrected chi connectivity index (χ2v) is 9.51. The number of pyridine rings is 1. The van der Waals surface area contributed by atoms with Gasteiger partial charge in [0.15, 0.2) is 0 Å². The number of amides is 1. The van der Waals surface area contributed by atoms with Crippen LogP contribution < -0.4 is 15.4 Å². The van der Waals surface area contributed by atoms with Gasteiger partial charge in [-0.25, -0.2) is 0 Å². The number of carbonyl (C=O) groups excluding carboxylic acids is 1. The summed E-state index contributed by atoms with van der Waals surface area (Å²) < 4.78 is 5.47. The average molecular weight is 425 g/mol. The predicted octanol–water partition coefficient (Wildman–Crippen LogP) is 4.55. The van der Waals surface area contributed by atoms with Gasteiger partial charge < -0.3 is 15.0 Å². The van der Waals surface area contributed by atoms with Crippen molar-refractivity contribution in [1.82, 2.24) is 15.2 Å². The van der Waals surface area contributed by atoms with Gasteiger partial charge in [-0.05, 0) is 70.4 Å². The third-order valence-corrected chi connectivity index (χ3v) is 7.07. The Morgan fingerprint density at radius 3 is 2.84 bits per heavy atom. The Labute approximate surface area is 185 Å². The molecule has 2 heterocycles. The van der Waals surface area contributed by atoms with E-state index in [0.29, 0.717) is 0 Å². The van der Waals surface area contributed by atoms with Crippen LogP contribution >= 0.6 is 0 Å². The van der Waals surface area contributed by atoms with Crippen molar-refractivity contribution in [1.29, 1.82) is 0 Å². The highest BCUT2D eigenvalue weighted by Gasteiger charge is 2.49. The fourth-order valence-corrected chi connectivity index (χ4v) is 5.25. The Morgan fingerprint density at radius 1 is 1.32 bits per heavy atom. The SMILES string of the molecule is COc1cc(NC(C)CCCN2C(=O)[C@H](C)NC23CCC(C)CC3)c2ncccc2c1. The molecule has 1 saturated heterocycles. The maximum absolute atomic E-state index is 12.9. The zero-order chi connectivity index (χ0) is 22.0. The summed E-state index contributed by atoms with van der Waals surface area (Å²) in [5, 5.41) is 8.32. The van der Waals surface area contributed by atoms with E-state index in [4.69, 9.17) is 4.74 Å². The van der Waals surface area contributed by atoms with E-state index in [0.717, 1.165) is 60.5 Å². The third kappa shape index (κ3) is 4.49. The van der Waals surface area contributed by atoms with Crippen molar-refractivity contribution >= 4 is 22.5 Å². The van der Waals surface area contributed by atoms with E-state index in [1.54, 1.807) is 7.11 Å². The minimum atomic E-state index is -0.118. The van der Waals surface area contributed by atoms with Gasteiger partial charge in [0.1, 0.15) is 5.75 Å². The number of nitrogens with zero attached hydrogens (tertiary/aromatic N) is 2. The van der Waals surface area contributed by atoms with Gasteiger partial charge in [0, 0.05) is 30.2 Å². The first-order chi connectivity index (χ1) is 14.9. The monoisotopic (exact) mass is 424 g/mol. The molecule has 1 amide bonds. The number of nitrogens with one attached hydrogen (secondary N) is 2. The number of carbonyl (C=O) groups is 1. The van der Waals surface area contributed by atoms with Crippen LogP contribution in [0.2, 0.25) is 0 Å². The minimum Gasteiger partial charge on any atom is -0.497 e. The number of hydrogen-bond donors (Lipinski definition) is 2. The first-order valence-corrected chi connectivity index (χ1v) is 11.7. The first-order valence-electron chi connectivity index (χ1n) is 11.7. The molecule has 2 aromatic rings. The molecule has 168 valence electrons. The van der Waals surface area contributed by atoms with Gasteiger partial charge in [-0.3, -0.25) is 15.1 Å². The Bertz CT molecular complexity index is 923. The maximum atomic E-state index is 12.9. The predicted molar refractivity (Wildman–Crippen MR) is 125 cm³/mol. The molecule has 0 radical (unpaired) electrons. The van der Waals surface area contributed by atoms with Crippen molar-refractivity contribution in [2.45, 2.75) is 77.0 Å². The molecule has 2 atom stereocenters. The van der Waals surface area contributed by atoms with Crippen molar-refractivity contribution in [2.75, 3.05) is 19.0 Å². The second kappa shape index (κ2) is 9.03. The van der Waals surface area contributed by atoms with Crippen LogP contribution in [-0.2, 0) is 4.79 Å². The molecule has 1 aliphatic carbocycles. The topological polar surface area (TPSA) is 66.5 Å². The molecular formula is C25H36N4O2. The summed E-state index contributed by atoms with van der Waals surface area (Å²) in [5.41, 5.74) is 1.83. The van der Waals surface area contributed by atoms with Gasteiger partial charge >= 0.3 is 0 Å². The van der Waals surface area contributed by atoms with E-state index in [-0.39, 0.29) is 23.7 Å². The average Bonchev–Trinajstić information content (AvgIpc) is 3.00. The zero-order valence-corrected chi connectivity index (χ0v) is 19.3. The van der Waals surface area contributed by atoms with Crippen LogP contribution in [0.4, 0.5) is 5.69 Å². The second-order valence-electron chi connectivity index (χ2n) is 9.51. The highest BCUT2D eigenvalue weighted by Crippen LogP contribution is 2.38. The molecule has 31 heavy (non-hydrogen) atoms. The lowest BCUT2D eigenvalue weighted by Gasteiger charge is -2.43. The Kier molecular flexibility index (Phi) is 6.37. The fraction of sp³-hybridized carbons (Fsp3) is 0.600. The first kappa shape index (κ1) is 21.9. The van der Waals surface area contributed by atoms with Gasteiger partial charge in [-0.2, -0.15) is 0 Å². The van der Waals surface area contributed by atoms with Crippen LogP contribution in [0, 0.1) is 5.92 Å². The van der Waals surface area contributed by atoms with E-state index in [2.05, 4.69) is 40.4 Å². The minimum absolute atomic E-state index is 0.0711. The summed E-state index contributed by atoms with van der Waals surface area (Å²) in [7, 11) is 1.69. The lowest BCUT2D eigenvalue weighted by molar-refractivity contribution is -0.133. The molecule has 2 aliphatic rings. The van der Waals surface area contributed by atoms with Gasteiger partial charge in [0.25, 0.3) is 0 Å². The molecule has 1 aliphatic heterocycles. The zero-order valence-electron chi connectivity index (χ0n) is 19.3. The van der Waals surface area contributed by atoms with Crippen molar-refractivity contribution in [3.05, 3.63) is 30.5 Å². The maximum Gasteiger partial charge on any atom is 0.240 e. The summed E-state index contributed by atoms with van der Waals surface area (Å²) in [5.74, 6) is 1.85. The Hall–Kier alpha value is -2.34. The quantitative estimate of drug-likeness (QED) is 0.683. The molecule has 1 unspecified atom stereocenters. The summed E-state index contributed by atoms with van der Waals surface area (Å²) in [6.07, 6.45) is 8.30. The van der Waals surface area contributed by atoms with Crippen molar-refractivity contribution in [3.8, 4) is 5.75 Å². The van der Waals surface area contributed by atoms with Gasteiger partial charge in [0.2, 0.25) is 5.91 Å². The summed E-state index contributed by atoms with van der Waals surface area (Å²) in [4.78, 5) is 19.6. The molecule has 1 aromatic carbocycles.